The molecule has 0 heterocycles. The summed E-state index contributed by atoms with van der Waals surface area (Å²) < 4.78 is 0. The number of carbonyl (C=O) groups is 2. The highest BCUT2D eigenvalue weighted by atomic mass is 16.1. The predicted molar refractivity (Wildman–Crippen MR) is 100 cm³/mol. The monoisotopic (exact) mass is 339 g/mol. The predicted octanol–water partition coefficient (Wildman–Crippen LogP) is 2.61. The summed E-state index contributed by atoms with van der Waals surface area (Å²) in [4.78, 5) is 25.2. The van der Waals surface area contributed by atoms with E-state index in [1.807, 2.05) is 41.5 Å². The van der Waals surface area contributed by atoms with Crippen LogP contribution in [0.15, 0.2) is 12.4 Å². The minimum atomic E-state index is -0.222. The molecule has 0 fully saturated rings. The van der Waals surface area contributed by atoms with Gasteiger partial charge in [-0.2, -0.15) is 0 Å². The van der Waals surface area contributed by atoms with Crippen LogP contribution in [0.4, 0.5) is 0 Å². The van der Waals surface area contributed by atoms with Crippen molar-refractivity contribution in [3.8, 4) is 0 Å². The number of Topliss-reactive ketones (excluding diaryl/α,β-unsaturated/α-hetero) is 2. The second-order valence-corrected chi connectivity index (χ2v) is 7.56. The SMILES string of the molecule is C=C(N)NCCC[C@H](CC(=O)[C@@H](NC(C)C)C(C)C)C(=O)C(C)C. The highest BCUT2D eigenvalue weighted by molar-refractivity contribution is 5.91. The minimum absolute atomic E-state index is 0.0595. The lowest BCUT2D eigenvalue weighted by Gasteiger charge is -2.26. The van der Waals surface area contributed by atoms with Gasteiger partial charge in [0.25, 0.3) is 0 Å². The second-order valence-electron chi connectivity index (χ2n) is 7.56. The molecule has 0 radical (unpaired) electrons. The second kappa shape index (κ2) is 11.2. The van der Waals surface area contributed by atoms with E-state index in [-0.39, 0.29) is 41.4 Å². The molecule has 0 amide bonds. The molecule has 5 heteroatoms. The number of nitrogens with two attached hydrogens (primary N) is 1. The summed E-state index contributed by atoms with van der Waals surface area (Å²) in [5.74, 6) is 0.656. The first-order chi connectivity index (χ1) is 11.1. The highest BCUT2D eigenvalue weighted by Gasteiger charge is 2.29. The lowest BCUT2D eigenvalue weighted by atomic mass is 9.84. The lowest BCUT2D eigenvalue weighted by Crippen LogP contribution is -2.45. The molecular weight excluding hydrogens is 302 g/mol. The number of hydrogen-bond donors (Lipinski definition) is 3. The van der Waals surface area contributed by atoms with Crippen molar-refractivity contribution in [1.82, 2.24) is 10.6 Å². The maximum absolute atomic E-state index is 12.7. The lowest BCUT2D eigenvalue weighted by molar-refractivity contribution is -0.131. The Morgan fingerprint density at radius 1 is 1.08 bits per heavy atom. The average Bonchev–Trinajstić information content (AvgIpc) is 2.45. The van der Waals surface area contributed by atoms with Gasteiger partial charge in [-0.1, -0.05) is 48.1 Å². The molecule has 2 atom stereocenters. The molecule has 0 rings (SSSR count). The summed E-state index contributed by atoms with van der Waals surface area (Å²) in [5, 5.41) is 6.30. The Hall–Kier alpha value is -1.36. The molecule has 0 aromatic carbocycles. The van der Waals surface area contributed by atoms with Gasteiger partial charge in [0.05, 0.1) is 11.9 Å². The van der Waals surface area contributed by atoms with E-state index in [9.17, 15) is 9.59 Å². The highest BCUT2D eigenvalue weighted by Crippen LogP contribution is 2.20. The Bertz CT molecular complexity index is 417. The number of ketones is 2. The molecule has 0 spiro atoms. The Morgan fingerprint density at radius 3 is 2.08 bits per heavy atom. The number of hydrogen-bond acceptors (Lipinski definition) is 5. The van der Waals surface area contributed by atoms with Gasteiger partial charge in [0.1, 0.15) is 5.78 Å². The molecular formula is C19H37N3O2. The van der Waals surface area contributed by atoms with Crippen molar-refractivity contribution in [2.45, 2.75) is 72.9 Å². The number of carbonyl (C=O) groups excluding carboxylic acids is 2. The zero-order valence-corrected chi connectivity index (χ0v) is 16.3. The van der Waals surface area contributed by atoms with Crippen molar-refractivity contribution >= 4 is 11.6 Å². The maximum Gasteiger partial charge on any atom is 0.150 e. The van der Waals surface area contributed by atoms with Crippen LogP contribution in [-0.4, -0.2) is 30.2 Å². The number of rotatable bonds is 13. The summed E-state index contributed by atoms with van der Waals surface area (Å²) in [6.07, 6.45) is 1.79. The number of nitrogens with one attached hydrogen (secondary N) is 2. The van der Waals surface area contributed by atoms with Crippen molar-refractivity contribution in [1.29, 1.82) is 0 Å². The van der Waals surface area contributed by atoms with Crippen LogP contribution in [0.2, 0.25) is 0 Å². The molecule has 0 aliphatic rings. The van der Waals surface area contributed by atoms with Crippen molar-refractivity contribution in [2.24, 2.45) is 23.5 Å². The van der Waals surface area contributed by atoms with Gasteiger partial charge in [-0.3, -0.25) is 9.59 Å². The molecule has 5 nitrogen and oxygen atoms in total. The smallest absolute Gasteiger partial charge is 0.150 e. The third-order valence-corrected chi connectivity index (χ3v) is 4.03. The fraction of sp³-hybridized carbons (Fsp3) is 0.789. The van der Waals surface area contributed by atoms with Gasteiger partial charge < -0.3 is 16.4 Å². The summed E-state index contributed by atoms with van der Waals surface area (Å²) in [6, 6.07) is 0.0368. The first-order valence-corrected chi connectivity index (χ1v) is 9.06. The van der Waals surface area contributed by atoms with Gasteiger partial charge in [-0.25, -0.2) is 0 Å². The van der Waals surface area contributed by atoms with Crippen molar-refractivity contribution in [3.05, 3.63) is 12.4 Å². The van der Waals surface area contributed by atoms with Crippen molar-refractivity contribution in [2.75, 3.05) is 6.54 Å². The molecule has 140 valence electrons. The molecule has 0 unspecified atom stereocenters. The van der Waals surface area contributed by atoms with Crippen LogP contribution in [0.3, 0.4) is 0 Å². The van der Waals surface area contributed by atoms with Crippen LogP contribution < -0.4 is 16.4 Å². The molecule has 0 bridgehead atoms. The largest absolute Gasteiger partial charge is 0.386 e. The molecule has 0 aliphatic carbocycles. The third kappa shape index (κ3) is 9.06. The van der Waals surface area contributed by atoms with Crippen LogP contribution in [0.5, 0.6) is 0 Å². The Balaban J connectivity index is 4.85. The molecule has 0 saturated heterocycles. The van der Waals surface area contributed by atoms with Crippen LogP contribution in [0.25, 0.3) is 0 Å². The van der Waals surface area contributed by atoms with Gasteiger partial charge in [0.15, 0.2) is 5.78 Å². The van der Waals surface area contributed by atoms with E-state index in [0.29, 0.717) is 25.2 Å². The molecule has 0 aromatic rings. The zero-order chi connectivity index (χ0) is 18.9. The minimum Gasteiger partial charge on any atom is -0.386 e. The Kier molecular flexibility index (Phi) is 10.6. The van der Waals surface area contributed by atoms with E-state index in [1.54, 1.807) is 0 Å². The maximum atomic E-state index is 12.7. The third-order valence-electron chi connectivity index (χ3n) is 4.03. The van der Waals surface area contributed by atoms with Crippen LogP contribution in [0.1, 0.15) is 60.8 Å². The first kappa shape index (κ1) is 22.6. The molecule has 0 aromatic heterocycles. The van der Waals surface area contributed by atoms with E-state index in [2.05, 4.69) is 17.2 Å². The normalized spacial score (nSPS) is 14.0. The van der Waals surface area contributed by atoms with E-state index in [1.165, 1.54) is 0 Å². The zero-order valence-electron chi connectivity index (χ0n) is 16.3. The average molecular weight is 340 g/mol. The van der Waals surface area contributed by atoms with Gasteiger partial charge in [0, 0.05) is 30.8 Å². The topological polar surface area (TPSA) is 84.2 Å². The molecule has 0 saturated carbocycles. The van der Waals surface area contributed by atoms with E-state index < -0.39 is 0 Å². The molecule has 0 aliphatic heterocycles. The van der Waals surface area contributed by atoms with E-state index >= 15 is 0 Å². The van der Waals surface area contributed by atoms with E-state index in [0.717, 1.165) is 6.42 Å². The van der Waals surface area contributed by atoms with Crippen LogP contribution >= 0.6 is 0 Å². The fourth-order valence-corrected chi connectivity index (χ4v) is 2.80. The van der Waals surface area contributed by atoms with Gasteiger partial charge in [0.2, 0.25) is 0 Å². The van der Waals surface area contributed by atoms with Crippen LogP contribution in [0, 0.1) is 17.8 Å². The van der Waals surface area contributed by atoms with Crippen molar-refractivity contribution < 1.29 is 9.59 Å². The van der Waals surface area contributed by atoms with Crippen LogP contribution in [-0.2, 0) is 9.59 Å². The van der Waals surface area contributed by atoms with Gasteiger partial charge >= 0.3 is 0 Å². The van der Waals surface area contributed by atoms with E-state index in [4.69, 9.17) is 5.73 Å². The molecule has 4 N–H and O–H groups in total. The first-order valence-electron chi connectivity index (χ1n) is 9.06. The summed E-state index contributed by atoms with van der Waals surface area (Å²) in [5.41, 5.74) is 5.48. The molecule has 24 heavy (non-hydrogen) atoms. The van der Waals surface area contributed by atoms with Gasteiger partial charge in [-0.05, 0) is 18.8 Å². The summed E-state index contributed by atoms with van der Waals surface area (Å²) in [7, 11) is 0. The quantitative estimate of drug-likeness (QED) is 0.449. The standard InChI is InChI=1S/C19H37N3O2/c1-12(2)18(22-14(5)6)17(23)11-16(19(24)13(3)4)9-8-10-21-15(7)20/h12-14,16,18,21-22H,7-11,20H2,1-6H3/t16-,18+/m1/s1. The van der Waals surface area contributed by atoms with Gasteiger partial charge in [-0.15, -0.1) is 0 Å². The Morgan fingerprint density at radius 2 is 1.67 bits per heavy atom. The Labute approximate surface area is 147 Å². The fourth-order valence-electron chi connectivity index (χ4n) is 2.80. The summed E-state index contributed by atoms with van der Waals surface area (Å²) >= 11 is 0. The summed E-state index contributed by atoms with van der Waals surface area (Å²) in [6.45, 7) is 16.2. The van der Waals surface area contributed by atoms with Crippen molar-refractivity contribution in [3.63, 3.8) is 0 Å².